The molecule has 0 aliphatic rings. The lowest BCUT2D eigenvalue weighted by atomic mass is 10.1. The third-order valence-corrected chi connectivity index (χ3v) is 3.51. The van der Waals surface area contributed by atoms with Crippen LogP contribution in [-0.4, -0.2) is 26.3 Å². The van der Waals surface area contributed by atoms with Crippen molar-refractivity contribution in [1.82, 2.24) is 9.19 Å². The van der Waals surface area contributed by atoms with Crippen LogP contribution in [0.5, 0.6) is 5.88 Å². The Kier molecular flexibility index (Phi) is 4.91. The van der Waals surface area contributed by atoms with Gasteiger partial charge in [-0.05, 0) is 24.9 Å². The van der Waals surface area contributed by atoms with Crippen molar-refractivity contribution in [2.75, 3.05) is 6.01 Å². The van der Waals surface area contributed by atoms with Crippen LogP contribution in [0.2, 0.25) is 0 Å². The van der Waals surface area contributed by atoms with Crippen molar-refractivity contribution < 1.29 is 19.0 Å². The second-order valence-corrected chi connectivity index (χ2v) is 5.06. The van der Waals surface area contributed by atoms with Crippen LogP contribution in [0.15, 0.2) is 35.4 Å². The molecular formula is C12H11FN2O3S2. The largest absolute Gasteiger partial charge is 0.478 e. The van der Waals surface area contributed by atoms with Crippen LogP contribution in [0, 0.1) is 0 Å². The normalized spacial score (nSPS) is 10.5. The summed E-state index contributed by atoms with van der Waals surface area (Å²) < 4.78 is 19.2. The zero-order valence-electron chi connectivity index (χ0n) is 10.2. The van der Waals surface area contributed by atoms with Crippen LogP contribution in [-0.2, 0) is 6.61 Å². The van der Waals surface area contributed by atoms with E-state index >= 15 is 0 Å². The molecule has 2 rings (SSSR count). The number of hydrogen-bond donors (Lipinski definition) is 2. The molecule has 0 radical (unpaired) electrons. The van der Waals surface area contributed by atoms with E-state index in [-0.39, 0.29) is 12.2 Å². The number of hydrogen-bond acceptors (Lipinski definition) is 5. The van der Waals surface area contributed by atoms with Gasteiger partial charge >= 0.3 is 5.97 Å². The summed E-state index contributed by atoms with van der Waals surface area (Å²) in [5, 5.41) is 13.1. The second kappa shape index (κ2) is 6.67. The Hall–Kier alpha value is -1.67. The fourth-order valence-corrected chi connectivity index (χ4v) is 2.42. The summed E-state index contributed by atoms with van der Waals surface area (Å²) in [5.41, 5.74) is 0.519. The minimum atomic E-state index is -1.08. The van der Waals surface area contributed by atoms with Gasteiger partial charge < -0.3 is 9.84 Å². The first-order chi connectivity index (χ1) is 9.61. The summed E-state index contributed by atoms with van der Waals surface area (Å²) in [6.45, 7) is -0.00437. The lowest BCUT2D eigenvalue weighted by molar-refractivity contribution is 0.0693. The third kappa shape index (κ3) is 3.45. The lowest BCUT2D eigenvalue weighted by Crippen LogP contribution is -2.07. The van der Waals surface area contributed by atoms with Crippen molar-refractivity contribution in [3.05, 3.63) is 41.6 Å². The van der Waals surface area contributed by atoms with Gasteiger partial charge in [-0.3, -0.25) is 0 Å². The molecule has 1 aromatic heterocycles. The molecule has 0 fully saturated rings. The summed E-state index contributed by atoms with van der Waals surface area (Å²) in [5.74, 6) is -0.763. The van der Waals surface area contributed by atoms with Gasteiger partial charge in [0, 0.05) is 22.7 Å². The minimum absolute atomic E-state index is 0.00437. The molecule has 0 aliphatic heterocycles. The summed E-state index contributed by atoms with van der Waals surface area (Å²) in [6, 6.07) is 5.65. The first kappa shape index (κ1) is 14.7. The van der Waals surface area contributed by atoms with Crippen molar-refractivity contribution in [1.29, 1.82) is 0 Å². The number of carboxylic acid groups (broad SMARTS) is 1. The highest BCUT2D eigenvalue weighted by Gasteiger charge is 2.15. The topological polar surface area (TPSA) is 64.3 Å². The smallest absolute Gasteiger partial charge is 0.336 e. The number of thioether (sulfide) groups is 1. The molecule has 0 saturated heterocycles. The molecule has 0 spiro atoms. The molecule has 0 amide bonds. The first-order valence-corrected chi connectivity index (χ1v) is 6.92. The minimum Gasteiger partial charge on any atom is -0.478 e. The monoisotopic (exact) mass is 314 g/mol. The molecular weight excluding hydrogens is 303 g/mol. The molecule has 0 atom stereocenters. The van der Waals surface area contributed by atoms with Crippen molar-refractivity contribution >= 4 is 30.5 Å². The molecule has 0 bridgehead atoms. The number of rotatable bonds is 6. The SMILES string of the molecule is O=C(O)c1cccc(SCF)c1COc1ccn(S)n1. The molecule has 0 saturated carbocycles. The van der Waals surface area contributed by atoms with Crippen molar-refractivity contribution in [2.24, 2.45) is 0 Å². The van der Waals surface area contributed by atoms with E-state index in [4.69, 9.17) is 9.84 Å². The molecule has 5 nitrogen and oxygen atoms in total. The Bertz CT molecular complexity index is 618. The standard InChI is InChI=1S/C12H11FN2O3S2/c13-7-20-10-3-1-2-8(12(16)17)9(10)6-18-11-4-5-15(19)14-11/h1-5,19H,6-7H2,(H,16,17). The molecule has 0 unspecified atom stereocenters. The average molecular weight is 314 g/mol. The highest BCUT2D eigenvalue weighted by atomic mass is 32.2. The number of alkyl halides is 1. The summed E-state index contributed by atoms with van der Waals surface area (Å²) in [6.07, 6.45) is 1.58. The molecule has 8 heteroatoms. The van der Waals surface area contributed by atoms with E-state index in [1.54, 1.807) is 24.4 Å². The predicted molar refractivity (Wildman–Crippen MR) is 76.2 cm³/mol. The van der Waals surface area contributed by atoms with Crippen molar-refractivity contribution in [3.63, 3.8) is 0 Å². The Balaban J connectivity index is 2.25. The van der Waals surface area contributed by atoms with Crippen LogP contribution >= 0.6 is 24.6 Å². The fraction of sp³-hybridized carbons (Fsp3) is 0.167. The van der Waals surface area contributed by atoms with Gasteiger partial charge in [0.15, 0.2) is 0 Å². The van der Waals surface area contributed by atoms with E-state index in [0.717, 1.165) is 11.8 Å². The number of halogens is 1. The van der Waals surface area contributed by atoms with E-state index < -0.39 is 12.0 Å². The molecule has 2 aromatic rings. The average Bonchev–Trinajstić information content (AvgIpc) is 2.83. The van der Waals surface area contributed by atoms with Gasteiger partial charge in [0.2, 0.25) is 5.88 Å². The number of benzene rings is 1. The molecule has 20 heavy (non-hydrogen) atoms. The van der Waals surface area contributed by atoms with Crippen LogP contribution in [0.25, 0.3) is 0 Å². The van der Waals surface area contributed by atoms with Gasteiger partial charge in [0.05, 0.1) is 5.56 Å². The van der Waals surface area contributed by atoms with Gasteiger partial charge in [-0.2, -0.15) is 0 Å². The Morgan fingerprint density at radius 3 is 2.90 bits per heavy atom. The summed E-state index contributed by atoms with van der Waals surface area (Å²) >= 11 is 4.89. The quantitative estimate of drug-likeness (QED) is 0.634. The fourth-order valence-electron chi connectivity index (χ4n) is 1.63. The number of nitrogens with zero attached hydrogens (tertiary/aromatic N) is 2. The van der Waals surface area contributed by atoms with Crippen molar-refractivity contribution in [3.8, 4) is 5.88 Å². The number of carboxylic acids is 1. The number of aromatic nitrogens is 2. The van der Waals surface area contributed by atoms with Crippen LogP contribution in [0.3, 0.4) is 0 Å². The van der Waals surface area contributed by atoms with E-state index in [1.807, 2.05) is 0 Å². The molecule has 1 N–H and O–H groups in total. The molecule has 1 aromatic carbocycles. The first-order valence-electron chi connectivity index (χ1n) is 5.53. The number of aromatic carboxylic acids is 1. The summed E-state index contributed by atoms with van der Waals surface area (Å²) in [7, 11) is 0. The third-order valence-electron chi connectivity index (χ3n) is 2.49. The highest BCUT2D eigenvalue weighted by molar-refractivity contribution is 7.99. The molecule has 1 heterocycles. The van der Waals surface area contributed by atoms with E-state index in [2.05, 4.69) is 17.9 Å². The number of thiol groups is 1. The van der Waals surface area contributed by atoms with Gasteiger partial charge in [-0.1, -0.05) is 17.8 Å². The Labute approximate surface area is 124 Å². The van der Waals surface area contributed by atoms with Gasteiger partial charge in [0.25, 0.3) is 0 Å². The van der Waals surface area contributed by atoms with Crippen LogP contribution < -0.4 is 4.74 Å². The van der Waals surface area contributed by atoms with Crippen LogP contribution in [0.4, 0.5) is 4.39 Å². The summed E-state index contributed by atoms with van der Waals surface area (Å²) in [4.78, 5) is 11.7. The van der Waals surface area contributed by atoms with E-state index in [9.17, 15) is 9.18 Å². The Morgan fingerprint density at radius 2 is 2.30 bits per heavy atom. The van der Waals surface area contributed by atoms with Crippen LogP contribution in [0.1, 0.15) is 15.9 Å². The maximum absolute atomic E-state index is 12.5. The maximum atomic E-state index is 12.5. The lowest BCUT2D eigenvalue weighted by Gasteiger charge is -2.11. The zero-order chi connectivity index (χ0) is 14.5. The zero-order valence-corrected chi connectivity index (χ0v) is 11.9. The number of carbonyl (C=O) groups is 1. The van der Waals surface area contributed by atoms with Gasteiger partial charge in [-0.15, -0.1) is 5.10 Å². The predicted octanol–water partition coefficient (Wildman–Crippen LogP) is 2.87. The number of ether oxygens (including phenoxy) is 1. The highest BCUT2D eigenvalue weighted by Crippen LogP contribution is 2.27. The van der Waals surface area contributed by atoms with E-state index in [1.165, 1.54) is 10.2 Å². The van der Waals surface area contributed by atoms with Crippen molar-refractivity contribution in [2.45, 2.75) is 11.5 Å². The maximum Gasteiger partial charge on any atom is 0.336 e. The second-order valence-electron chi connectivity index (χ2n) is 3.70. The van der Waals surface area contributed by atoms with Gasteiger partial charge in [-0.25, -0.2) is 13.3 Å². The molecule has 106 valence electrons. The van der Waals surface area contributed by atoms with E-state index in [0.29, 0.717) is 16.3 Å². The molecule has 0 aliphatic carbocycles. The van der Waals surface area contributed by atoms with Gasteiger partial charge in [0.1, 0.15) is 12.6 Å². The Morgan fingerprint density at radius 1 is 1.50 bits per heavy atom.